The van der Waals surface area contributed by atoms with Crippen LogP contribution in [0.5, 0.6) is 0 Å². The quantitative estimate of drug-likeness (QED) is 0.573. The summed E-state index contributed by atoms with van der Waals surface area (Å²) in [5.41, 5.74) is 4.59. The van der Waals surface area contributed by atoms with Gasteiger partial charge in [-0.15, -0.1) is 11.3 Å². The number of β-amino-alcohol motifs (C(OH)–C–C–N with tert-alkyl or cyclic N) is 1. The van der Waals surface area contributed by atoms with E-state index in [0.717, 1.165) is 39.1 Å². The molecule has 2 aliphatic heterocycles. The van der Waals surface area contributed by atoms with Gasteiger partial charge in [0.05, 0.1) is 29.5 Å². The molecule has 0 aromatic carbocycles. The number of aryl methyl sites for hydroxylation is 1. The van der Waals surface area contributed by atoms with Gasteiger partial charge in [-0.25, -0.2) is 19.7 Å². The number of thiophene rings is 1. The monoisotopic (exact) mass is 497 g/mol. The number of carbonyl (C=O) groups is 1. The van der Waals surface area contributed by atoms with Gasteiger partial charge in [-0.3, -0.25) is 14.5 Å². The number of rotatable bonds is 5. The van der Waals surface area contributed by atoms with Crippen LogP contribution in [0.4, 0.5) is 5.00 Å². The standard InChI is InChI=1S/C24H31N7O3S/c1-14(2)29-13-28(5)11-19-21(22(33)30-10-17(32)12-34-30)20(35-23(19)29)9-18-15(3)27-31(16(18)4)24-25-7-6-8-26-24/h6-8,14,17,32H,9-13H2,1-5H3/t17-/m0/s1. The van der Waals surface area contributed by atoms with Crippen molar-refractivity contribution in [3.8, 4) is 5.95 Å². The van der Waals surface area contributed by atoms with Gasteiger partial charge in [-0.05, 0) is 40.8 Å². The molecular formula is C24H31N7O3S. The SMILES string of the molecule is Cc1nn(-c2ncccn2)c(C)c1Cc1sc2c(c1C(=O)N1C[C@H](O)CO1)CN(C)CN2C(C)C. The lowest BCUT2D eigenvalue weighted by molar-refractivity contribution is -0.0780. The van der Waals surface area contributed by atoms with Crippen molar-refractivity contribution in [2.45, 2.75) is 52.8 Å². The fraction of sp³-hybridized carbons (Fsp3) is 0.500. The van der Waals surface area contributed by atoms with Gasteiger partial charge in [-0.1, -0.05) is 0 Å². The minimum absolute atomic E-state index is 0.132. The third-order valence-corrected chi connectivity index (χ3v) is 7.79. The van der Waals surface area contributed by atoms with Gasteiger partial charge in [-0.2, -0.15) is 5.10 Å². The van der Waals surface area contributed by atoms with Crippen molar-refractivity contribution in [1.29, 1.82) is 0 Å². The average molecular weight is 498 g/mol. The molecule has 5 rings (SSSR count). The fourth-order valence-electron chi connectivity index (χ4n) is 4.72. The Bertz CT molecular complexity index is 1240. The van der Waals surface area contributed by atoms with Crippen molar-refractivity contribution in [3.63, 3.8) is 0 Å². The number of carbonyl (C=O) groups excluding carboxylic acids is 1. The summed E-state index contributed by atoms with van der Waals surface area (Å²) in [6.07, 6.45) is 3.30. The number of aliphatic hydroxyl groups is 1. The summed E-state index contributed by atoms with van der Waals surface area (Å²) in [4.78, 5) is 33.5. The molecule has 186 valence electrons. The lowest BCUT2D eigenvalue weighted by Crippen LogP contribution is -2.43. The highest BCUT2D eigenvalue weighted by Crippen LogP contribution is 2.42. The summed E-state index contributed by atoms with van der Waals surface area (Å²) >= 11 is 1.67. The van der Waals surface area contributed by atoms with Crippen LogP contribution in [0, 0.1) is 13.8 Å². The first-order valence-electron chi connectivity index (χ1n) is 11.8. The van der Waals surface area contributed by atoms with Crippen molar-refractivity contribution >= 4 is 22.2 Å². The van der Waals surface area contributed by atoms with E-state index in [1.165, 1.54) is 5.06 Å². The number of anilines is 1. The maximum Gasteiger partial charge on any atom is 0.279 e. The summed E-state index contributed by atoms with van der Waals surface area (Å²) < 4.78 is 1.76. The molecule has 1 saturated heterocycles. The van der Waals surface area contributed by atoms with Crippen molar-refractivity contribution in [1.82, 2.24) is 29.7 Å². The predicted octanol–water partition coefficient (Wildman–Crippen LogP) is 2.30. The zero-order chi connectivity index (χ0) is 24.9. The molecule has 35 heavy (non-hydrogen) atoms. The molecule has 1 amide bonds. The maximum atomic E-state index is 13.7. The molecule has 0 saturated carbocycles. The number of aliphatic hydroxyl groups excluding tert-OH is 1. The summed E-state index contributed by atoms with van der Waals surface area (Å²) in [5.74, 6) is 0.329. The van der Waals surface area contributed by atoms with E-state index < -0.39 is 6.10 Å². The Morgan fingerprint density at radius 1 is 1.29 bits per heavy atom. The number of amides is 1. The predicted molar refractivity (Wildman–Crippen MR) is 133 cm³/mol. The van der Waals surface area contributed by atoms with Crippen LogP contribution in [0.1, 0.15) is 51.6 Å². The highest BCUT2D eigenvalue weighted by molar-refractivity contribution is 7.16. The Morgan fingerprint density at radius 3 is 2.69 bits per heavy atom. The Hall–Kier alpha value is -2.86. The van der Waals surface area contributed by atoms with Gasteiger partial charge in [0.1, 0.15) is 12.7 Å². The van der Waals surface area contributed by atoms with Crippen LogP contribution in [0.15, 0.2) is 18.5 Å². The van der Waals surface area contributed by atoms with E-state index >= 15 is 0 Å². The third kappa shape index (κ3) is 4.33. The Morgan fingerprint density at radius 2 is 2.03 bits per heavy atom. The smallest absolute Gasteiger partial charge is 0.279 e. The molecule has 5 heterocycles. The second kappa shape index (κ2) is 9.30. The van der Waals surface area contributed by atoms with E-state index in [2.05, 4.69) is 40.7 Å². The molecule has 2 aliphatic rings. The van der Waals surface area contributed by atoms with Gasteiger partial charge in [0.2, 0.25) is 0 Å². The van der Waals surface area contributed by atoms with Crippen LogP contribution in [0.3, 0.4) is 0 Å². The van der Waals surface area contributed by atoms with Gasteiger partial charge in [0.25, 0.3) is 11.9 Å². The molecule has 1 fully saturated rings. The first-order valence-corrected chi connectivity index (χ1v) is 12.6. The average Bonchev–Trinajstić information content (AvgIpc) is 3.50. The minimum atomic E-state index is -0.666. The molecule has 3 aromatic rings. The number of nitrogens with zero attached hydrogens (tertiary/aromatic N) is 7. The molecule has 10 nitrogen and oxygen atoms in total. The summed E-state index contributed by atoms with van der Waals surface area (Å²) in [6, 6.07) is 2.07. The van der Waals surface area contributed by atoms with E-state index in [0.29, 0.717) is 24.5 Å². The Labute approximate surface area is 208 Å². The van der Waals surface area contributed by atoms with Crippen LogP contribution in [0.2, 0.25) is 0 Å². The Balaban J connectivity index is 1.60. The molecular weight excluding hydrogens is 466 g/mol. The summed E-state index contributed by atoms with van der Waals surface area (Å²) in [5, 5.41) is 17.1. The lowest BCUT2D eigenvalue weighted by Gasteiger charge is -2.37. The molecule has 1 atom stereocenters. The first kappa shape index (κ1) is 23.9. The van der Waals surface area contributed by atoms with Gasteiger partial charge >= 0.3 is 0 Å². The van der Waals surface area contributed by atoms with E-state index in [1.807, 2.05) is 13.8 Å². The van der Waals surface area contributed by atoms with Gasteiger partial charge in [0, 0.05) is 53.1 Å². The third-order valence-electron chi connectivity index (χ3n) is 6.52. The van der Waals surface area contributed by atoms with Crippen molar-refractivity contribution < 1.29 is 14.7 Å². The van der Waals surface area contributed by atoms with Crippen molar-refractivity contribution in [3.05, 3.63) is 51.4 Å². The molecule has 0 spiro atoms. The maximum absolute atomic E-state index is 13.7. The van der Waals surface area contributed by atoms with Crippen LogP contribution < -0.4 is 4.90 Å². The second-order valence-corrected chi connectivity index (χ2v) is 10.6. The second-order valence-electron chi connectivity index (χ2n) is 9.51. The molecule has 0 aliphatic carbocycles. The van der Waals surface area contributed by atoms with Crippen LogP contribution in [-0.2, 0) is 17.8 Å². The van der Waals surface area contributed by atoms with E-state index in [1.54, 1.807) is 34.5 Å². The minimum Gasteiger partial charge on any atom is -0.389 e. The lowest BCUT2D eigenvalue weighted by atomic mass is 10.0. The molecule has 0 bridgehead atoms. The van der Waals surface area contributed by atoms with Gasteiger partial charge < -0.3 is 10.0 Å². The largest absolute Gasteiger partial charge is 0.389 e. The zero-order valence-corrected chi connectivity index (χ0v) is 21.5. The van der Waals surface area contributed by atoms with Crippen LogP contribution in [-0.4, -0.2) is 79.7 Å². The van der Waals surface area contributed by atoms with E-state index in [9.17, 15) is 9.90 Å². The topological polar surface area (TPSA) is 99.8 Å². The summed E-state index contributed by atoms with van der Waals surface area (Å²) in [6.45, 7) is 10.1. The van der Waals surface area contributed by atoms with Gasteiger partial charge in [0.15, 0.2) is 0 Å². The first-order chi connectivity index (χ1) is 16.7. The molecule has 1 N–H and O–H groups in total. The number of hydrogen-bond donors (Lipinski definition) is 1. The number of hydrogen-bond acceptors (Lipinski definition) is 9. The number of fused-ring (bicyclic) bond motifs is 1. The zero-order valence-electron chi connectivity index (χ0n) is 20.7. The fourth-order valence-corrected chi connectivity index (χ4v) is 6.16. The number of hydroxylamine groups is 2. The Kier molecular flexibility index (Phi) is 6.34. The molecule has 0 radical (unpaired) electrons. The van der Waals surface area contributed by atoms with E-state index in [-0.39, 0.29) is 25.1 Å². The van der Waals surface area contributed by atoms with Crippen molar-refractivity contribution in [2.24, 2.45) is 0 Å². The van der Waals surface area contributed by atoms with Crippen molar-refractivity contribution in [2.75, 3.05) is 31.8 Å². The van der Waals surface area contributed by atoms with Crippen LogP contribution in [0.25, 0.3) is 5.95 Å². The highest BCUT2D eigenvalue weighted by Gasteiger charge is 2.36. The number of aromatic nitrogens is 4. The van der Waals surface area contributed by atoms with Crippen LogP contribution >= 0.6 is 11.3 Å². The molecule has 0 unspecified atom stereocenters. The highest BCUT2D eigenvalue weighted by atomic mass is 32.1. The molecule has 11 heteroatoms. The molecule has 3 aromatic heterocycles. The van der Waals surface area contributed by atoms with E-state index in [4.69, 9.17) is 9.94 Å². The normalized spacial score (nSPS) is 18.5. The summed E-state index contributed by atoms with van der Waals surface area (Å²) in [7, 11) is 2.07.